The number of nitrogens with one attached hydrogen (secondary N) is 2. The smallest absolute Gasteiger partial charge is 0.222 e. The number of amides is 1. The lowest BCUT2D eigenvalue weighted by molar-refractivity contribution is -0.130. The first kappa shape index (κ1) is 23.5. The van der Waals surface area contributed by atoms with Gasteiger partial charge in [-0.1, -0.05) is 18.6 Å². The number of hydrogen-bond acceptors (Lipinski definition) is 4. The minimum Gasteiger partial charge on any atom is -0.439 e. The number of nitrogens with zero attached hydrogens (tertiary/aromatic N) is 3. The summed E-state index contributed by atoms with van der Waals surface area (Å²) in [7, 11) is 0. The molecule has 0 atom stereocenters. The Morgan fingerprint density at radius 1 is 1.22 bits per heavy atom. The molecule has 2 N–H and O–H groups in total. The van der Waals surface area contributed by atoms with Gasteiger partial charge in [-0.05, 0) is 43.9 Å². The van der Waals surface area contributed by atoms with Crippen LogP contribution in [0.3, 0.4) is 0 Å². The summed E-state index contributed by atoms with van der Waals surface area (Å²) in [4.78, 5) is 23.0. The van der Waals surface area contributed by atoms with Gasteiger partial charge in [-0.3, -0.25) is 4.79 Å². The first-order valence-electron chi connectivity index (χ1n) is 11.3. The van der Waals surface area contributed by atoms with E-state index in [1.54, 1.807) is 24.4 Å². The molecule has 3 rings (SSSR count). The van der Waals surface area contributed by atoms with Crippen LogP contribution in [0.5, 0.6) is 11.6 Å². The van der Waals surface area contributed by atoms with E-state index in [-0.39, 0.29) is 11.7 Å². The second-order valence-corrected chi connectivity index (χ2v) is 7.73. The van der Waals surface area contributed by atoms with Crippen LogP contribution in [0, 0.1) is 5.82 Å². The van der Waals surface area contributed by atoms with E-state index in [1.807, 2.05) is 17.9 Å². The molecule has 1 aromatic carbocycles. The summed E-state index contributed by atoms with van der Waals surface area (Å²) in [5, 5.41) is 6.57. The number of aromatic nitrogens is 1. The zero-order chi connectivity index (χ0) is 22.6. The van der Waals surface area contributed by atoms with E-state index in [9.17, 15) is 9.18 Å². The molecule has 0 saturated carbocycles. The predicted octanol–water partition coefficient (Wildman–Crippen LogP) is 3.86. The van der Waals surface area contributed by atoms with Crippen molar-refractivity contribution in [1.29, 1.82) is 0 Å². The third-order valence-corrected chi connectivity index (χ3v) is 5.15. The number of benzene rings is 1. The number of likely N-dealkylation sites (tertiary alicyclic amines) is 1. The molecule has 0 aliphatic carbocycles. The van der Waals surface area contributed by atoms with Crippen molar-refractivity contribution in [2.45, 2.75) is 45.6 Å². The number of halogens is 1. The van der Waals surface area contributed by atoms with Crippen molar-refractivity contribution in [2.75, 3.05) is 26.2 Å². The second-order valence-electron chi connectivity index (χ2n) is 7.73. The summed E-state index contributed by atoms with van der Waals surface area (Å²) in [6.45, 7) is 5.64. The number of ether oxygens (including phenoxy) is 1. The normalized spacial score (nSPS) is 14.8. The SMILES string of the molecule is CCNC(=NCc1ccc(Oc2cccc(F)c2)nc1)NCCCN1CCCCCC1=O. The highest BCUT2D eigenvalue weighted by atomic mass is 19.1. The Bertz CT molecular complexity index is 888. The topological polar surface area (TPSA) is 78.9 Å². The van der Waals surface area contributed by atoms with E-state index in [4.69, 9.17) is 4.74 Å². The maximum atomic E-state index is 13.3. The van der Waals surface area contributed by atoms with Crippen molar-refractivity contribution in [3.05, 3.63) is 54.0 Å². The van der Waals surface area contributed by atoms with Crippen molar-refractivity contribution >= 4 is 11.9 Å². The van der Waals surface area contributed by atoms with Crippen LogP contribution in [0.1, 0.15) is 44.6 Å². The van der Waals surface area contributed by atoms with Crippen LogP contribution < -0.4 is 15.4 Å². The summed E-state index contributed by atoms with van der Waals surface area (Å²) in [5.74, 6) is 1.46. The molecule has 0 spiro atoms. The van der Waals surface area contributed by atoms with Gasteiger partial charge in [-0.25, -0.2) is 14.4 Å². The van der Waals surface area contributed by atoms with Crippen LogP contribution in [-0.4, -0.2) is 47.9 Å². The number of carbonyl (C=O) groups excluding carboxylic acids is 1. The van der Waals surface area contributed by atoms with Crippen molar-refractivity contribution in [1.82, 2.24) is 20.5 Å². The molecule has 1 aliphatic rings. The molecule has 0 bridgehead atoms. The Morgan fingerprint density at radius 3 is 2.91 bits per heavy atom. The Balaban J connectivity index is 1.46. The zero-order valence-electron chi connectivity index (χ0n) is 18.6. The number of guanidine groups is 1. The number of aliphatic imine (C=N–C) groups is 1. The van der Waals surface area contributed by atoms with Gasteiger partial charge in [0.05, 0.1) is 6.54 Å². The largest absolute Gasteiger partial charge is 0.439 e. The van der Waals surface area contributed by atoms with Gasteiger partial charge in [0.2, 0.25) is 11.8 Å². The molecule has 1 saturated heterocycles. The molecular formula is C24H32FN5O2. The molecule has 2 aromatic rings. The van der Waals surface area contributed by atoms with Crippen molar-refractivity contribution in [3.8, 4) is 11.6 Å². The summed E-state index contributed by atoms with van der Waals surface area (Å²) >= 11 is 0. The molecule has 1 aromatic heterocycles. The van der Waals surface area contributed by atoms with Crippen molar-refractivity contribution < 1.29 is 13.9 Å². The van der Waals surface area contributed by atoms with E-state index in [0.29, 0.717) is 24.6 Å². The zero-order valence-corrected chi connectivity index (χ0v) is 18.6. The maximum Gasteiger partial charge on any atom is 0.222 e. The quantitative estimate of drug-likeness (QED) is 0.351. The summed E-state index contributed by atoms with van der Waals surface area (Å²) < 4.78 is 18.8. The van der Waals surface area contributed by atoms with Crippen LogP contribution in [0.4, 0.5) is 4.39 Å². The van der Waals surface area contributed by atoms with Crippen LogP contribution in [-0.2, 0) is 11.3 Å². The van der Waals surface area contributed by atoms with E-state index in [1.165, 1.54) is 12.1 Å². The highest BCUT2D eigenvalue weighted by Crippen LogP contribution is 2.20. The average molecular weight is 442 g/mol. The molecule has 0 unspecified atom stereocenters. The summed E-state index contributed by atoms with van der Waals surface area (Å²) in [6.07, 6.45) is 6.51. The Kier molecular flexibility index (Phi) is 9.28. The molecule has 172 valence electrons. The second kappa shape index (κ2) is 12.6. The molecule has 8 heteroatoms. The van der Waals surface area contributed by atoms with E-state index < -0.39 is 0 Å². The van der Waals surface area contributed by atoms with Crippen LogP contribution in [0.2, 0.25) is 0 Å². The van der Waals surface area contributed by atoms with Gasteiger partial charge in [0.25, 0.3) is 0 Å². The Hall–Kier alpha value is -3.16. The summed E-state index contributed by atoms with van der Waals surface area (Å²) in [5.41, 5.74) is 0.934. The lowest BCUT2D eigenvalue weighted by atomic mass is 10.2. The minimum absolute atomic E-state index is 0.278. The Labute approximate surface area is 189 Å². The fourth-order valence-corrected chi connectivity index (χ4v) is 3.48. The lowest BCUT2D eigenvalue weighted by Crippen LogP contribution is -2.39. The average Bonchev–Trinajstić information content (AvgIpc) is 3.00. The van der Waals surface area contributed by atoms with Gasteiger partial charge in [-0.2, -0.15) is 0 Å². The third-order valence-electron chi connectivity index (χ3n) is 5.15. The molecule has 2 heterocycles. The lowest BCUT2D eigenvalue weighted by Gasteiger charge is -2.20. The minimum atomic E-state index is -0.352. The molecule has 1 aliphatic heterocycles. The van der Waals surface area contributed by atoms with Crippen molar-refractivity contribution in [3.63, 3.8) is 0 Å². The molecule has 7 nitrogen and oxygen atoms in total. The highest BCUT2D eigenvalue weighted by Gasteiger charge is 2.15. The third kappa shape index (κ3) is 7.83. The molecule has 32 heavy (non-hydrogen) atoms. The number of pyridine rings is 1. The van der Waals surface area contributed by atoms with Gasteiger partial charge in [0, 0.05) is 50.9 Å². The predicted molar refractivity (Wildman–Crippen MR) is 123 cm³/mol. The fraction of sp³-hybridized carbons (Fsp3) is 0.458. The highest BCUT2D eigenvalue weighted by molar-refractivity contribution is 5.79. The number of hydrogen-bond donors (Lipinski definition) is 2. The van der Waals surface area contributed by atoms with Gasteiger partial charge >= 0.3 is 0 Å². The van der Waals surface area contributed by atoms with Crippen molar-refractivity contribution in [2.24, 2.45) is 4.99 Å². The van der Waals surface area contributed by atoms with E-state index in [0.717, 1.165) is 63.4 Å². The van der Waals surface area contributed by atoms with Gasteiger partial charge in [-0.15, -0.1) is 0 Å². The fourth-order valence-electron chi connectivity index (χ4n) is 3.48. The standard InChI is InChI=1S/C24H32FN5O2/c1-2-26-24(27-13-7-15-30-14-5-3-4-10-23(30)31)29-18-19-11-12-22(28-17-19)32-21-9-6-8-20(25)16-21/h6,8-9,11-12,16-17H,2-5,7,10,13-15,18H2,1H3,(H2,26,27,29). The number of carbonyl (C=O) groups is 1. The molecule has 1 fully saturated rings. The molecule has 0 radical (unpaired) electrons. The molecule has 1 amide bonds. The van der Waals surface area contributed by atoms with Gasteiger partial charge in [0.15, 0.2) is 5.96 Å². The van der Waals surface area contributed by atoms with E-state index >= 15 is 0 Å². The monoisotopic (exact) mass is 441 g/mol. The summed E-state index contributed by atoms with van der Waals surface area (Å²) in [6, 6.07) is 9.59. The first-order valence-corrected chi connectivity index (χ1v) is 11.3. The van der Waals surface area contributed by atoms with E-state index in [2.05, 4.69) is 20.6 Å². The van der Waals surface area contributed by atoms with Gasteiger partial charge in [0.1, 0.15) is 11.6 Å². The van der Waals surface area contributed by atoms with Crippen LogP contribution in [0.15, 0.2) is 47.6 Å². The Morgan fingerprint density at radius 2 is 2.12 bits per heavy atom. The van der Waals surface area contributed by atoms with Crippen LogP contribution in [0.25, 0.3) is 0 Å². The van der Waals surface area contributed by atoms with Gasteiger partial charge < -0.3 is 20.3 Å². The van der Waals surface area contributed by atoms with Crippen LogP contribution >= 0.6 is 0 Å². The number of rotatable bonds is 9. The first-order chi connectivity index (χ1) is 15.6. The maximum absolute atomic E-state index is 13.3. The molecular weight excluding hydrogens is 409 g/mol.